The Balaban J connectivity index is 1.50. The molecular formula is C30H34Cl2N2O5S. The maximum absolute atomic E-state index is 14.8. The lowest BCUT2D eigenvalue weighted by atomic mass is 9.61. The van der Waals surface area contributed by atoms with Gasteiger partial charge in [-0.1, -0.05) is 47.5 Å². The lowest BCUT2D eigenvalue weighted by molar-refractivity contribution is -0.170. The number of nitrogens with one attached hydrogen (secondary N) is 1. The van der Waals surface area contributed by atoms with Gasteiger partial charge < -0.3 is 10.0 Å². The van der Waals surface area contributed by atoms with Crippen LogP contribution in [0.5, 0.6) is 0 Å². The molecule has 4 aliphatic rings. The van der Waals surface area contributed by atoms with Crippen molar-refractivity contribution in [3.8, 4) is 0 Å². The lowest BCUT2D eigenvalue weighted by Gasteiger charge is -2.54. The quantitative estimate of drug-likeness (QED) is 0.357. The van der Waals surface area contributed by atoms with Gasteiger partial charge in [0, 0.05) is 28.5 Å². The number of amides is 1. The van der Waals surface area contributed by atoms with E-state index < -0.39 is 38.9 Å². The molecule has 3 aliphatic carbocycles. The first-order valence-electron chi connectivity index (χ1n) is 14.0. The largest absolute Gasteiger partial charge is 0.481 e. The van der Waals surface area contributed by atoms with Gasteiger partial charge >= 0.3 is 5.97 Å². The van der Waals surface area contributed by atoms with Crippen LogP contribution in [-0.4, -0.2) is 48.1 Å². The van der Waals surface area contributed by atoms with Crippen LogP contribution in [0.2, 0.25) is 10.0 Å². The second kappa shape index (κ2) is 10.0. The number of carbonyl (C=O) groups is 2. The number of nitrogens with zero attached hydrogens (tertiary/aromatic N) is 1. The van der Waals surface area contributed by atoms with Crippen molar-refractivity contribution >= 4 is 45.1 Å². The monoisotopic (exact) mass is 604 g/mol. The molecule has 1 heterocycles. The molecule has 0 spiro atoms. The van der Waals surface area contributed by atoms with Crippen LogP contribution in [0.3, 0.4) is 0 Å². The highest BCUT2D eigenvalue weighted by Crippen LogP contribution is 2.66. The van der Waals surface area contributed by atoms with Crippen LogP contribution in [0.4, 0.5) is 0 Å². The third-order valence-electron chi connectivity index (χ3n) is 9.70. The molecule has 1 saturated heterocycles. The predicted octanol–water partition coefficient (Wildman–Crippen LogP) is 5.78. The van der Waals surface area contributed by atoms with Gasteiger partial charge in [0.2, 0.25) is 15.9 Å². The number of carboxylic acid groups (broad SMARTS) is 1. The summed E-state index contributed by atoms with van der Waals surface area (Å²) in [6.07, 6.45) is 4.28. The molecule has 7 nitrogen and oxygen atoms in total. The number of likely N-dealkylation sites (tertiary alicyclic amines) is 1. The number of aliphatic carboxylic acids is 1. The Kier molecular flexibility index (Phi) is 7.00. The van der Waals surface area contributed by atoms with E-state index in [-0.39, 0.29) is 29.5 Å². The normalized spacial score (nSPS) is 28.8. The minimum absolute atomic E-state index is 0.109. The summed E-state index contributed by atoms with van der Waals surface area (Å²) in [6.45, 7) is 1.91. The van der Waals surface area contributed by atoms with E-state index in [0.717, 1.165) is 24.0 Å². The Labute approximate surface area is 245 Å². The van der Waals surface area contributed by atoms with Crippen molar-refractivity contribution in [3.63, 3.8) is 0 Å². The van der Waals surface area contributed by atoms with E-state index in [9.17, 15) is 23.1 Å². The number of rotatable bonds is 10. The summed E-state index contributed by atoms with van der Waals surface area (Å²) < 4.78 is 28.6. The van der Waals surface area contributed by atoms with E-state index in [1.165, 1.54) is 0 Å². The molecule has 1 unspecified atom stereocenters. The zero-order valence-corrected chi connectivity index (χ0v) is 24.7. The van der Waals surface area contributed by atoms with Gasteiger partial charge in [0.25, 0.3) is 0 Å². The summed E-state index contributed by atoms with van der Waals surface area (Å²) >= 11 is 12.7. The van der Waals surface area contributed by atoms with Crippen molar-refractivity contribution in [2.45, 2.75) is 75.1 Å². The summed E-state index contributed by atoms with van der Waals surface area (Å²) in [5.74, 6) is -1.30. The number of hydrogen-bond donors (Lipinski definition) is 2. The summed E-state index contributed by atoms with van der Waals surface area (Å²) in [5.41, 5.74) is -0.519. The van der Waals surface area contributed by atoms with Gasteiger partial charge in [0.1, 0.15) is 0 Å². The van der Waals surface area contributed by atoms with Gasteiger partial charge in [-0.05, 0) is 93.2 Å². The molecule has 0 radical (unpaired) electrons. The highest BCUT2D eigenvalue weighted by atomic mass is 35.5. The molecule has 3 saturated carbocycles. The van der Waals surface area contributed by atoms with Crippen molar-refractivity contribution in [1.29, 1.82) is 0 Å². The third kappa shape index (κ3) is 4.85. The summed E-state index contributed by atoms with van der Waals surface area (Å²) in [6, 6.07) is 14.1. The van der Waals surface area contributed by atoms with Gasteiger partial charge in [-0.25, -0.2) is 13.1 Å². The van der Waals surface area contributed by atoms with Gasteiger partial charge in [-0.3, -0.25) is 9.59 Å². The van der Waals surface area contributed by atoms with E-state index in [2.05, 4.69) is 4.72 Å². The Morgan fingerprint density at radius 2 is 1.73 bits per heavy atom. The average molecular weight is 606 g/mol. The van der Waals surface area contributed by atoms with Gasteiger partial charge in [-0.2, -0.15) is 0 Å². The maximum atomic E-state index is 14.8. The first kappa shape index (κ1) is 28.0. The Morgan fingerprint density at radius 3 is 2.27 bits per heavy atom. The second-order valence-corrected chi connectivity index (χ2v) is 15.2. The molecule has 4 fully saturated rings. The van der Waals surface area contributed by atoms with Crippen LogP contribution < -0.4 is 4.72 Å². The minimum Gasteiger partial charge on any atom is -0.481 e. The molecule has 2 N–H and O–H groups in total. The topological polar surface area (TPSA) is 104 Å². The van der Waals surface area contributed by atoms with E-state index in [4.69, 9.17) is 23.2 Å². The number of benzene rings is 2. The molecule has 2 aromatic rings. The number of hydrogen-bond acceptors (Lipinski definition) is 4. The highest BCUT2D eigenvalue weighted by Gasteiger charge is 2.70. The first-order chi connectivity index (χ1) is 19.0. The zero-order chi connectivity index (χ0) is 28.4. The van der Waals surface area contributed by atoms with Crippen molar-refractivity contribution in [1.82, 2.24) is 9.62 Å². The molecule has 214 valence electrons. The van der Waals surface area contributed by atoms with Crippen LogP contribution in [0.15, 0.2) is 48.5 Å². The SMILES string of the molecule is C[C@]1(C2(C(=O)O)CC2)C[C@H](c2cccc(Cl)c2)[C@@H](c2ccc(Cl)cc2)N(C(CNS(=O)(=O)C2CC2)C2CC2)C1=O. The fourth-order valence-electron chi connectivity index (χ4n) is 6.89. The Morgan fingerprint density at radius 1 is 1.05 bits per heavy atom. The fraction of sp³-hybridized carbons (Fsp3) is 0.533. The van der Waals surface area contributed by atoms with Crippen molar-refractivity contribution in [3.05, 3.63) is 69.7 Å². The van der Waals surface area contributed by atoms with Crippen LogP contribution in [0.1, 0.15) is 75.0 Å². The molecular weight excluding hydrogens is 571 g/mol. The molecule has 4 atom stereocenters. The maximum Gasteiger partial charge on any atom is 0.310 e. The van der Waals surface area contributed by atoms with Crippen molar-refractivity contribution in [2.24, 2.45) is 16.7 Å². The molecule has 40 heavy (non-hydrogen) atoms. The van der Waals surface area contributed by atoms with Crippen molar-refractivity contribution < 1.29 is 23.1 Å². The molecule has 6 rings (SSSR count). The first-order valence-corrected chi connectivity index (χ1v) is 16.3. The molecule has 2 aromatic carbocycles. The standard InChI is InChI=1S/C30H34Cl2N2O5S/c1-29(30(13-14-30)28(36)37)16-24(20-3-2-4-22(32)15-20)26(19-7-9-21(31)10-8-19)34(27(29)35)25(18-5-6-18)17-33-40(38,39)23-11-12-23/h2-4,7-10,15,18,23-26,33H,5-6,11-14,16-17H2,1H3,(H,36,37)/t24-,25?,26-,29+/m1/s1. The predicted molar refractivity (Wildman–Crippen MR) is 154 cm³/mol. The van der Waals surface area contributed by atoms with E-state index in [0.29, 0.717) is 42.1 Å². The molecule has 1 aliphatic heterocycles. The molecule has 0 aromatic heterocycles. The summed E-state index contributed by atoms with van der Waals surface area (Å²) in [7, 11) is -3.48. The fourth-order valence-corrected chi connectivity index (χ4v) is 8.61. The second-order valence-electron chi connectivity index (χ2n) is 12.3. The number of halogens is 2. The average Bonchev–Trinajstić information content (AvgIpc) is 3.77. The van der Waals surface area contributed by atoms with E-state index >= 15 is 0 Å². The van der Waals surface area contributed by atoms with Crippen LogP contribution in [0.25, 0.3) is 0 Å². The van der Waals surface area contributed by atoms with Gasteiger partial charge in [0.05, 0.1) is 22.1 Å². The zero-order valence-electron chi connectivity index (χ0n) is 22.4. The minimum atomic E-state index is -3.48. The van der Waals surface area contributed by atoms with Crippen LogP contribution >= 0.6 is 23.2 Å². The molecule has 10 heteroatoms. The smallest absolute Gasteiger partial charge is 0.310 e. The number of carboxylic acids is 1. The third-order valence-corrected chi connectivity index (χ3v) is 12.1. The Hall–Kier alpha value is -2.13. The van der Waals surface area contributed by atoms with E-state index in [1.807, 2.05) is 35.2 Å². The number of carbonyl (C=O) groups excluding carboxylic acids is 1. The van der Waals surface area contributed by atoms with Crippen molar-refractivity contribution in [2.75, 3.05) is 6.54 Å². The summed E-state index contributed by atoms with van der Waals surface area (Å²) in [5, 5.41) is 11.1. The van der Waals surface area contributed by atoms with Crippen LogP contribution in [0, 0.1) is 16.7 Å². The number of sulfonamides is 1. The van der Waals surface area contributed by atoms with Gasteiger partial charge in [-0.15, -0.1) is 0 Å². The highest BCUT2D eigenvalue weighted by molar-refractivity contribution is 7.90. The molecule has 1 amide bonds. The number of piperidine rings is 1. The van der Waals surface area contributed by atoms with Crippen LogP contribution in [-0.2, 0) is 19.6 Å². The van der Waals surface area contributed by atoms with Gasteiger partial charge in [0.15, 0.2) is 0 Å². The Bertz CT molecular complexity index is 1440. The molecule has 0 bridgehead atoms. The summed E-state index contributed by atoms with van der Waals surface area (Å²) in [4.78, 5) is 29.3. The lowest BCUT2D eigenvalue weighted by Crippen LogP contribution is -2.61. The van der Waals surface area contributed by atoms with E-state index in [1.54, 1.807) is 25.1 Å².